The predicted molar refractivity (Wildman–Crippen MR) is 164 cm³/mol. The molecular formula is C31H39N7O2. The van der Waals surface area contributed by atoms with Gasteiger partial charge in [-0.3, -0.25) is 14.6 Å². The highest BCUT2D eigenvalue weighted by molar-refractivity contribution is 6.01. The summed E-state index contributed by atoms with van der Waals surface area (Å²) in [6.07, 6.45) is 3.16. The second-order valence-corrected chi connectivity index (χ2v) is 9.18. The maximum atomic E-state index is 12.8. The van der Waals surface area contributed by atoms with Crippen LogP contribution < -0.4 is 20.7 Å². The number of hydrogen-bond donors (Lipinski definition) is 2. The number of carbonyl (C=O) groups is 2. The van der Waals surface area contributed by atoms with Gasteiger partial charge in [0.15, 0.2) is 0 Å². The van der Waals surface area contributed by atoms with E-state index in [1.807, 2.05) is 48.5 Å². The molecule has 0 spiro atoms. The Morgan fingerprint density at radius 1 is 0.675 bits per heavy atom. The number of aryl methyl sites for hydroxylation is 2. The number of amides is 2. The second-order valence-electron chi connectivity index (χ2n) is 9.18. The first-order valence-corrected chi connectivity index (χ1v) is 13.7. The molecule has 2 aromatic carbocycles. The van der Waals surface area contributed by atoms with Crippen LogP contribution >= 0.6 is 0 Å². The van der Waals surface area contributed by atoms with Crippen molar-refractivity contribution in [1.82, 2.24) is 15.8 Å². The van der Waals surface area contributed by atoms with Crippen LogP contribution in [0.1, 0.15) is 70.9 Å². The van der Waals surface area contributed by atoms with E-state index in [1.54, 1.807) is 26.3 Å². The van der Waals surface area contributed by atoms with E-state index in [-0.39, 0.29) is 11.1 Å². The van der Waals surface area contributed by atoms with Crippen molar-refractivity contribution >= 4 is 35.6 Å². The van der Waals surface area contributed by atoms with Crippen LogP contribution in [-0.4, -0.2) is 55.4 Å². The fourth-order valence-corrected chi connectivity index (χ4v) is 4.36. The molecule has 1 heterocycles. The maximum absolute atomic E-state index is 12.8. The minimum Gasteiger partial charge on any atom is -0.372 e. The third-order valence-electron chi connectivity index (χ3n) is 6.70. The van der Waals surface area contributed by atoms with Gasteiger partial charge >= 0.3 is 0 Å². The molecule has 210 valence electrons. The minimum atomic E-state index is -0.452. The Balaban J connectivity index is 1.64. The monoisotopic (exact) mass is 541 g/mol. The van der Waals surface area contributed by atoms with Gasteiger partial charge in [-0.15, -0.1) is 0 Å². The summed E-state index contributed by atoms with van der Waals surface area (Å²) in [5.41, 5.74) is 10.6. The average Bonchev–Trinajstić information content (AvgIpc) is 2.96. The molecule has 0 radical (unpaired) electrons. The summed E-state index contributed by atoms with van der Waals surface area (Å²) < 4.78 is 0. The van der Waals surface area contributed by atoms with Gasteiger partial charge in [0.2, 0.25) is 0 Å². The number of rotatable bonds is 12. The third kappa shape index (κ3) is 7.75. The molecule has 0 unspecified atom stereocenters. The largest absolute Gasteiger partial charge is 0.372 e. The van der Waals surface area contributed by atoms with Gasteiger partial charge in [0.25, 0.3) is 11.8 Å². The fourth-order valence-electron chi connectivity index (χ4n) is 4.36. The Bertz CT molecular complexity index is 1240. The van der Waals surface area contributed by atoms with E-state index in [2.05, 4.69) is 63.5 Å². The van der Waals surface area contributed by atoms with Crippen LogP contribution in [0.4, 0.5) is 11.4 Å². The van der Waals surface area contributed by atoms with Crippen molar-refractivity contribution in [2.45, 2.75) is 41.5 Å². The molecule has 0 atom stereocenters. The first-order chi connectivity index (χ1) is 19.3. The molecular weight excluding hydrogens is 502 g/mol. The Hall–Kier alpha value is -4.53. The third-order valence-corrected chi connectivity index (χ3v) is 6.70. The van der Waals surface area contributed by atoms with Crippen LogP contribution in [0.2, 0.25) is 0 Å². The van der Waals surface area contributed by atoms with Crippen LogP contribution in [0.3, 0.4) is 0 Å². The number of benzene rings is 2. The highest BCUT2D eigenvalue weighted by atomic mass is 16.2. The normalized spacial score (nSPS) is 11.2. The zero-order valence-corrected chi connectivity index (χ0v) is 24.2. The summed E-state index contributed by atoms with van der Waals surface area (Å²) in [5.74, 6) is -0.904. The molecule has 0 saturated carbocycles. The summed E-state index contributed by atoms with van der Waals surface area (Å²) in [7, 11) is 0. The minimum absolute atomic E-state index is 0.265. The number of carbonyl (C=O) groups excluding carboxylic acids is 2. The van der Waals surface area contributed by atoms with Crippen molar-refractivity contribution in [2.24, 2.45) is 10.2 Å². The van der Waals surface area contributed by atoms with Crippen molar-refractivity contribution in [3.8, 4) is 0 Å². The lowest BCUT2D eigenvalue weighted by molar-refractivity contribution is 0.0954. The molecule has 0 fully saturated rings. The van der Waals surface area contributed by atoms with Crippen molar-refractivity contribution in [1.29, 1.82) is 0 Å². The van der Waals surface area contributed by atoms with Crippen LogP contribution in [0.5, 0.6) is 0 Å². The van der Waals surface area contributed by atoms with Crippen LogP contribution in [0.25, 0.3) is 0 Å². The molecule has 1 aromatic heterocycles. The molecule has 9 heteroatoms. The molecule has 0 bridgehead atoms. The molecule has 3 rings (SSSR count). The van der Waals surface area contributed by atoms with Crippen LogP contribution in [-0.2, 0) is 0 Å². The number of nitrogens with zero attached hydrogens (tertiary/aromatic N) is 5. The zero-order valence-electron chi connectivity index (χ0n) is 24.2. The molecule has 0 saturated heterocycles. The number of aromatic nitrogens is 1. The lowest BCUT2D eigenvalue weighted by Crippen LogP contribution is -2.24. The Morgan fingerprint density at radius 2 is 1.02 bits per heavy atom. The van der Waals surface area contributed by atoms with Crippen molar-refractivity contribution in [3.05, 3.63) is 88.2 Å². The first kappa shape index (κ1) is 30.0. The topological polar surface area (TPSA) is 102 Å². The lowest BCUT2D eigenvalue weighted by Gasteiger charge is -2.20. The van der Waals surface area contributed by atoms with Crippen LogP contribution in [0, 0.1) is 13.8 Å². The molecule has 9 nitrogen and oxygen atoms in total. The van der Waals surface area contributed by atoms with E-state index in [0.29, 0.717) is 11.4 Å². The summed E-state index contributed by atoms with van der Waals surface area (Å²) in [6.45, 7) is 15.6. The standard InChI is InChI=1S/C31H39N7O2/c1-7-37(8-2)26-15-11-24(12-16-26)20-32-35-30(39)28-19-29(23(6)34-22(28)5)31(40)36-33-21-25-13-17-27(18-14-25)38(9-3)10-4/h11-21H,7-10H2,1-6H3,(H,35,39)(H,36,40)/b32-20+,33-21+. The molecule has 0 aliphatic heterocycles. The van der Waals surface area contributed by atoms with Crippen molar-refractivity contribution in [2.75, 3.05) is 36.0 Å². The molecule has 2 amide bonds. The second kappa shape index (κ2) is 14.6. The van der Waals surface area contributed by atoms with Gasteiger partial charge in [-0.05, 0) is 83.0 Å². The number of nitrogens with one attached hydrogen (secondary N) is 2. The highest BCUT2D eigenvalue weighted by Crippen LogP contribution is 2.16. The molecule has 0 aliphatic rings. The van der Waals surface area contributed by atoms with Gasteiger partial charge < -0.3 is 9.80 Å². The Morgan fingerprint density at radius 3 is 1.35 bits per heavy atom. The summed E-state index contributed by atoms with van der Waals surface area (Å²) in [5, 5.41) is 8.18. The highest BCUT2D eigenvalue weighted by Gasteiger charge is 2.17. The molecule has 3 aromatic rings. The fraction of sp³-hybridized carbons (Fsp3) is 0.323. The summed E-state index contributed by atoms with van der Waals surface area (Å²) in [4.78, 5) is 34.6. The number of hydrazone groups is 2. The predicted octanol–water partition coefficient (Wildman–Crippen LogP) is 4.92. The van der Waals surface area contributed by atoms with Crippen molar-refractivity contribution < 1.29 is 9.59 Å². The first-order valence-electron chi connectivity index (χ1n) is 13.7. The van der Waals surface area contributed by atoms with Gasteiger partial charge in [-0.25, -0.2) is 10.9 Å². The molecule has 40 heavy (non-hydrogen) atoms. The van der Waals surface area contributed by atoms with E-state index in [4.69, 9.17) is 0 Å². The van der Waals surface area contributed by atoms with Gasteiger partial charge in [0, 0.05) is 37.6 Å². The number of pyridine rings is 1. The van der Waals surface area contributed by atoms with Gasteiger partial charge in [-0.1, -0.05) is 24.3 Å². The average molecular weight is 542 g/mol. The number of hydrogen-bond acceptors (Lipinski definition) is 7. The maximum Gasteiger partial charge on any atom is 0.273 e. The van der Waals surface area contributed by atoms with E-state index >= 15 is 0 Å². The number of anilines is 2. The van der Waals surface area contributed by atoms with E-state index in [9.17, 15) is 9.59 Å². The molecule has 2 N–H and O–H groups in total. The van der Waals surface area contributed by atoms with E-state index in [0.717, 1.165) is 48.7 Å². The Kier molecular flexibility index (Phi) is 10.9. The smallest absolute Gasteiger partial charge is 0.273 e. The SMILES string of the molecule is CCN(CC)c1ccc(/C=N/NC(=O)c2cc(C(=O)N/N=C/c3ccc(N(CC)CC)cc3)c(C)nc2C)cc1. The zero-order chi connectivity index (χ0) is 29.1. The van der Waals surface area contributed by atoms with E-state index < -0.39 is 11.8 Å². The van der Waals surface area contributed by atoms with Crippen LogP contribution in [0.15, 0.2) is 64.8 Å². The summed E-state index contributed by atoms with van der Waals surface area (Å²) in [6, 6.07) is 17.4. The quantitative estimate of drug-likeness (QED) is 0.250. The summed E-state index contributed by atoms with van der Waals surface area (Å²) >= 11 is 0. The van der Waals surface area contributed by atoms with Gasteiger partial charge in [0.05, 0.1) is 34.9 Å². The van der Waals surface area contributed by atoms with Gasteiger partial charge in [0.1, 0.15) is 0 Å². The molecule has 0 aliphatic carbocycles. The van der Waals surface area contributed by atoms with E-state index in [1.165, 1.54) is 6.07 Å². The lowest BCUT2D eigenvalue weighted by atomic mass is 10.1. The van der Waals surface area contributed by atoms with Crippen molar-refractivity contribution in [3.63, 3.8) is 0 Å². The Labute approximate surface area is 237 Å². The van der Waals surface area contributed by atoms with Gasteiger partial charge in [-0.2, -0.15) is 10.2 Å².